The fourth-order valence-electron chi connectivity index (χ4n) is 1.27. The molecule has 0 spiro atoms. The molecule has 0 atom stereocenters. The first-order chi connectivity index (χ1) is 6.75. The SMILES string of the molecule is O=C(O)Nc1ccc2c(c1)OCOC2. The number of benzene rings is 1. The second-order valence-electron chi connectivity index (χ2n) is 2.86. The third-order valence-corrected chi connectivity index (χ3v) is 1.87. The summed E-state index contributed by atoms with van der Waals surface area (Å²) >= 11 is 0. The molecule has 2 N–H and O–H groups in total. The van der Waals surface area contributed by atoms with E-state index in [1.165, 1.54) is 0 Å². The second-order valence-corrected chi connectivity index (χ2v) is 2.86. The molecule has 1 aliphatic rings. The molecule has 0 bridgehead atoms. The number of hydrogen-bond donors (Lipinski definition) is 2. The summed E-state index contributed by atoms with van der Waals surface area (Å²) < 4.78 is 10.2. The van der Waals surface area contributed by atoms with Crippen molar-refractivity contribution in [3.8, 4) is 5.75 Å². The minimum absolute atomic E-state index is 0.212. The Labute approximate surface area is 80.3 Å². The predicted octanol–water partition coefficient (Wildman–Crippen LogP) is 1.64. The average molecular weight is 195 g/mol. The van der Waals surface area contributed by atoms with Crippen LogP contribution in [0.2, 0.25) is 0 Å². The molecule has 74 valence electrons. The zero-order valence-corrected chi connectivity index (χ0v) is 7.32. The molecule has 1 heterocycles. The van der Waals surface area contributed by atoms with Crippen molar-refractivity contribution in [1.82, 2.24) is 0 Å². The van der Waals surface area contributed by atoms with E-state index in [0.29, 0.717) is 18.0 Å². The van der Waals surface area contributed by atoms with Gasteiger partial charge >= 0.3 is 6.09 Å². The van der Waals surface area contributed by atoms with E-state index >= 15 is 0 Å². The Morgan fingerprint density at radius 1 is 1.50 bits per heavy atom. The standard InChI is InChI=1S/C9H9NO4/c11-9(12)10-7-2-1-6-4-13-5-14-8(6)3-7/h1-3,10H,4-5H2,(H,11,12). The van der Waals surface area contributed by atoms with Crippen molar-refractivity contribution in [3.63, 3.8) is 0 Å². The molecule has 0 fully saturated rings. The molecule has 1 aromatic carbocycles. The van der Waals surface area contributed by atoms with Crippen LogP contribution in [0.4, 0.5) is 10.5 Å². The van der Waals surface area contributed by atoms with Crippen LogP contribution in [0.1, 0.15) is 5.56 Å². The van der Waals surface area contributed by atoms with Gasteiger partial charge in [-0.05, 0) is 6.07 Å². The molecule has 0 radical (unpaired) electrons. The minimum atomic E-state index is -1.09. The molecule has 5 heteroatoms. The van der Waals surface area contributed by atoms with Gasteiger partial charge in [0.15, 0.2) is 6.79 Å². The highest BCUT2D eigenvalue weighted by Gasteiger charge is 2.11. The molecule has 0 saturated heterocycles. The van der Waals surface area contributed by atoms with Gasteiger partial charge in [0.25, 0.3) is 0 Å². The van der Waals surface area contributed by atoms with Crippen molar-refractivity contribution in [3.05, 3.63) is 23.8 Å². The zero-order valence-electron chi connectivity index (χ0n) is 7.32. The monoisotopic (exact) mass is 195 g/mol. The molecule has 5 nitrogen and oxygen atoms in total. The minimum Gasteiger partial charge on any atom is -0.467 e. The first-order valence-corrected chi connectivity index (χ1v) is 4.09. The molecule has 0 aromatic heterocycles. The number of carbonyl (C=O) groups is 1. The van der Waals surface area contributed by atoms with Crippen LogP contribution in [-0.2, 0) is 11.3 Å². The van der Waals surface area contributed by atoms with E-state index in [-0.39, 0.29) is 6.79 Å². The molecular formula is C9H9NO4. The van der Waals surface area contributed by atoms with Crippen LogP contribution in [-0.4, -0.2) is 18.0 Å². The van der Waals surface area contributed by atoms with Crippen molar-refractivity contribution in [2.24, 2.45) is 0 Å². The lowest BCUT2D eigenvalue weighted by Crippen LogP contribution is -2.12. The van der Waals surface area contributed by atoms with Crippen molar-refractivity contribution < 1.29 is 19.4 Å². The van der Waals surface area contributed by atoms with Crippen LogP contribution in [0.25, 0.3) is 0 Å². The number of fused-ring (bicyclic) bond motifs is 1. The molecule has 1 amide bonds. The summed E-state index contributed by atoms with van der Waals surface area (Å²) in [6, 6.07) is 5.09. The van der Waals surface area contributed by atoms with Gasteiger partial charge in [-0.15, -0.1) is 0 Å². The Balaban J connectivity index is 2.24. The van der Waals surface area contributed by atoms with Gasteiger partial charge < -0.3 is 14.6 Å². The summed E-state index contributed by atoms with van der Waals surface area (Å²) in [4.78, 5) is 10.4. The molecular weight excluding hydrogens is 186 g/mol. The molecule has 1 aromatic rings. The van der Waals surface area contributed by atoms with E-state index in [1.807, 2.05) is 0 Å². The lowest BCUT2D eigenvalue weighted by atomic mass is 10.2. The Kier molecular flexibility index (Phi) is 2.24. The Morgan fingerprint density at radius 3 is 3.14 bits per heavy atom. The van der Waals surface area contributed by atoms with Crippen LogP contribution in [0.15, 0.2) is 18.2 Å². The van der Waals surface area contributed by atoms with E-state index in [0.717, 1.165) is 5.56 Å². The number of amides is 1. The molecule has 1 aliphatic heterocycles. The maximum atomic E-state index is 10.4. The largest absolute Gasteiger partial charge is 0.467 e. The summed E-state index contributed by atoms with van der Waals surface area (Å²) in [7, 11) is 0. The fraction of sp³-hybridized carbons (Fsp3) is 0.222. The Hall–Kier alpha value is -1.75. The van der Waals surface area contributed by atoms with Gasteiger partial charge in [0, 0.05) is 17.3 Å². The van der Waals surface area contributed by atoms with E-state index in [2.05, 4.69) is 5.32 Å². The third kappa shape index (κ3) is 1.77. The van der Waals surface area contributed by atoms with Crippen LogP contribution in [0.3, 0.4) is 0 Å². The highest BCUT2D eigenvalue weighted by atomic mass is 16.7. The van der Waals surface area contributed by atoms with Gasteiger partial charge in [0.05, 0.1) is 6.61 Å². The normalized spacial score (nSPS) is 14.0. The maximum Gasteiger partial charge on any atom is 0.409 e. The van der Waals surface area contributed by atoms with Gasteiger partial charge in [-0.3, -0.25) is 5.32 Å². The molecule has 0 saturated carbocycles. The van der Waals surface area contributed by atoms with Crippen LogP contribution in [0.5, 0.6) is 5.75 Å². The number of carboxylic acid groups (broad SMARTS) is 1. The number of rotatable bonds is 1. The van der Waals surface area contributed by atoms with E-state index in [9.17, 15) is 4.79 Å². The van der Waals surface area contributed by atoms with Gasteiger partial charge in [-0.25, -0.2) is 4.79 Å². The van der Waals surface area contributed by atoms with Crippen molar-refractivity contribution in [2.75, 3.05) is 12.1 Å². The number of anilines is 1. The lowest BCUT2D eigenvalue weighted by molar-refractivity contribution is -0.0163. The topological polar surface area (TPSA) is 67.8 Å². The molecule has 0 unspecified atom stereocenters. The van der Waals surface area contributed by atoms with Crippen molar-refractivity contribution in [2.45, 2.75) is 6.61 Å². The molecule has 0 aliphatic carbocycles. The van der Waals surface area contributed by atoms with Gasteiger partial charge in [0.1, 0.15) is 5.75 Å². The fourth-order valence-corrected chi connectivity index (χ4v) is 1.27. The first kappa shape index (κ1) is 8.83. The highest BCUT2D eigenvalue weighted by molar-refractivity contribution is 5.83. The first-order valence-electron chi connectivity index (χ1n) is 4.09. The molecule has 2 rings (SSSR count). The zero-order chi connectivity index (χ0) is 9.97. The van der Waals surface area contributed by atoms with Crippen LogP contribution >= 0.6 is 0 Å². The molecule has 14 heavy (non-hydrogen) atoms. The maximum absolute atomic E-state index is 10.4. The van der Waals surface area contributed by atoms with E-state index in [1.54, 1.807) is 18.2 Å². The summed E-state index contributed by atoms with van der Waals surface area (Å²) in [6.45, 7) is 0.714. The quantitative estimate of drug-likeness (QED) is 0.714. The van der Waals surface area contributed by atoms with Crippen molar-refractivity contribution >= 4 is 11.8 Å². The van der Waals surface area contributed by atoms with E-state index in [4.69, 9.17) is 14.6 Å². The summed E-state index contributed by atoms with van der Waals surface area (Å²) in [5.74, 6) is 0.669. The number of nitrogens with one attached hydrogen (secondary N) is 1. The number of ether oxygens (including phenoxy) is 2. The Bertz CT molecular complexity index is 364. The smallest absolute Gasteiger partial charge is 0.409 e. The lowest BCUT2D eigenvalue weighted by Gasteiger charge is -2.17. The predicted molar refractivity (Wildman–Crippen MR) is 48.4 cm³/mol. The van der Waals surface area contributed by atoms with Gasteiger partial charge in [-0.1, -0.05) is 6.07 Å². The number of hydrogen-bond acceptors (Lipinski definition) is 3. The van der Waals surface area contributed by atoms with Crippen LogP contribution < -0.4 is 10.1 Å². The van der Waals surface area contributed by atoms with Crippen LogP contribution in [0, 0.1) is 0 Å². The summed E-state index contributed by atoms with van der Waals surface area (Å²) in [6.07, 6.45) is -1.09. The Morgan fingerprint density at radius 2 is 2.36 bits per heavy atom. The highest BCUT2D eigenvalue weighted by Crippen LogP contribution is 2.26. The summed E-state index contributed by atoms with van der Waals surface area (Å²) in [5.41, 5.74) is 1.42. The van der Waals surface area contributed by atoms with Crippen molar-refractivity contribution in [1.29, 1.82) is 0 Å². The van der Waals surface area contributed by atoms with Gasteiger partial charge in [-0.2, -0.15) is 0 Å². The van der Waals surface area contributed by atoms with Gasteiger partial charge in [0.2, 0.25) is 0 Å². The van der Waals surface area contributed by atoms with E-state index < -0.39 is 6.09 Å². The third-order valence-electron chi connectivity index (χ3n) is 1.87. The summed E-state index contributed by atoms with van der Waals surface area (Å²) in [5, 5.41) is 10.7. The second kappa shape index (κ2) is 3.55. The average Bonchev–Trinajstić information content (AvgIpc) is 2.17.